The van der Waals surface area contributed by atoms with Crippen LogP contribution in [0.25, 0.3) is 10.2 Å². The van der Waals surface area contributed by atoms with Crippen molar-refractivity contribution >= 4 is 27.5 Å². The van der Waals surface area contributed by atoms with Gasteiger partial charge in [-0.2, -0.15) is 13.2 Å². The van der Waals surface area contributed by atoms with Crippen molar-refractivity contribution in [2.75, 3.05) is 13.6 Å². The monoisotopic (exact) mass is 332 g/mol. The van der Waals surface area contributed by atoms with Gasteiger partial charge in [-0.15, -0.1) is 11.3 Å². The molecule has 2 aromatic rings. The number of carbonyl (C=O) groups excluding carboxylic acids is 1. The van der Waals surface area contributed by atoms with E-state index < -0.39 is 18.0 Å². The van der Waals surface area contributed by atoms with E-state index >= 15 is 0 Å². The normalized spacial score (nSPS) is 13.4. The predicted octanol–water partition coefficient (Wildman–Crippen LogP) is 3.08. The molecule has 0 saturated heterocycles. The Morgan fingerprint density at radius 2 is 2.09 bits per heavy atom. The average Bonchev–Trinajstić information content (AvgIpc) is 2.73. The Morgan fingerprint density at radius 3 is 2.64 bits per heavy atom. The molecular formula is C14H15F3N2O2S. The van der Waals surface area contributed by atoms with Gasteiger partial charge in [0.1, 0.15) is 10.5 Å². The molecule has 2 heterocycles. The maximum absolute atomic E-state index is 12.7. The van der Waals surface area contributed by atoms with Crippen LogP contribution in [0.5, 0.6) is 0 Å². The quantitative estimate of drug-likeness (QED) is 0.940. The largest absolute Gasteiger partial charge is 0.433 e. The molecule has 22 heavy (non-hydrogen) atoms. The van der Waals surface area contributed by atoms with Crippen LogP contribution in [-0.2, 0) is 6.18 Å². The molecule has 4 nitrogen and oxygen atoms in total. The summed E-state index contributed by atoms with van der Waals surface area (Å²) in [5.74, 6) is -0.338. The van der Waals surface area contributed by atoms with E-state index in [0.717, 1.165) is 17.4 Å². The second kappa shape index (κ2) is 5.85. The molecule has 0 radical (unpaired) electrons. The minimum atomic E-state index is -4.51. The second-order valence-corrected chi connectivity index (χ2v) is 6.14. The third-order valence-corrected chi connectivity index (χ3v) is 4.36. The lowest BCUT2D eigenvalue weighted by molar-refractivity contribution is -0.140. The summed E-state index contributed by atoms with van der Waals surface area (Å²) in [6, 6.07) is 2.25. The number of alkyl halides is 3. The van der Waals surface area contributed by atoms with E-state index in [1.807, 2.05) is 0 Å². The van der Waals surface area contributed by atoms with E-state index in [9.17, 15) is 23.1 Å². The number of likely N-dealkylation sites (N-methyl/N-ethyl adjacent to an activating group) is 1. The lowest BCUT2D eigenvalue weighted by atomic mass is 10.1. The molecule has 0 unspecified atom stereocenters. The number of halogens is 3. The van der Waals surface area contributed by atoms with Gasteiger partial charge in [0.15, 0.2) is 0 Å². The number of rotatable bonds is 3. The molecule has 1 N–H and O–H groups in total. The SMILES string of the molecule is Cc1c(C(=O)N(C)C[C@@H](C)O)sc2nc(C(F)(F)F)ccc12. The van der Waals surface area contributed by atoms with Crippen LogP contribution >= 0.6 is 11.3 Å². The highest BCUT2D eigenvalue weighted by Crippen LogP contribution is 2.34. The summed E-state index contributed by atoms with van der Waals surface area (Å²) in [7, 11) is 1.54. The minimum absolute atomic E-state index is 0.147. The Morgan fingerprint density at radius 1 is 1.45 bits per heavy atom. The van der Waals surface area contributed by atoms with E-state index in [4.69, 9.17) is 0 Å². The van der Waals surface area contributed by atoms with Gasteiger partial charge in [0.2, 0.25) is 0 Å². The first-order valence-electron chi connectivity index (χ1n) is 6.52. The molecule has 2 aromatic heterocycles. The fraction of sp³-hybridized carbons (Fsp3) is 0.429. The van der Waals surface area contributed by atoms with E-state index in [0.29, 0.717) is 15.8 Å². The number of thiophene rings is 1. The minimum Gasteiger partial charge on any atom is -0.392 e. The van der Waals surface area contributed by atoms with E-state index in [2.05, 4.69) is 4.98 Å². The number of nitrogens with zero attached hydrogens (tertiary/aromatic N) is 2. The van der Waals surface area contributed by atoms with Crippen molar-refractivity contribution in [2.45, 2.75) is 26.1 Å². The number of aliphatic hydroxyl groups excluding tert-OH is 1. The molecule has 0 saturated carbocycles. The van der Waals surface area contributed by atoms with Crippen LogP contribution in [0.15, 0.2) is 12.1 Å². The molecule has 2 rings (SSSR count). The van der Waals surface area contributed by atoms with Gasteiger partial charge in [-0.3, -0.25) is 4.79 Å². The Kier molecular flexibility index (Phi) is 4.44. The van der Waals surface area contributed by atoms with Gasteiger partial charge in [0.05, 0.1) is 11.0 Å². The van der Waals surface area contributed by atoms with E-state index in [1.54, 1.807) is 13.8 Å². The Labute approximate surface area is 129 Å². The third kappa shape index (κ3) is 3.22. The van der Waals surface area contributed by atoms with Crippen molar-refractivity contribution in [2.24, 2.45) is 0 Å². The first kappa shape index (κ1) is 16.7. The van der Waals surface area contributed by atoms with Gasteiger partial charge < -0.3 is 10.0 Å². The van der Waals surface area contributed by atoms with Crippen molar-refractivity contribution in [1.82, 2.24) is 9.88 Å². The van der Waals surface area contributed by atoms with Gasteiger partial charge in [-0.1, -0.05) is 0 Å². The number of fused-ring (bicyclic) bond motifs is 1. The summed E-state index contributed by atoms with van der Waals surface area (Å²) >= 11 is 0.934. The molecule has 0 aliphatic rings. The predicted molar refractivity (Wildman–Crippen MR) is 78.0 cm³/mol. The fourth-order valence-corrected chi connectivity index (χ4v) is 3.29. The highest BCUT2D eigenvalue weighted by Gasteiger charge is 2.33. The number of aliphatic hydroxyl groups is 1. The number of pyridine rings is 1. The van der Waals surface area contributed by atoms with Gasteiger partial charge in [-0.25, -0.2) is 4.98 Å². The van der Waals surface area contributed by atoms with Gasteiger partial charge >= 0.3 is 6.18 Å². The van der Waals surface area contributed by atoms with Crippen LogP contribution in [0.4, 0.5) is 13.2 Å². The van der Waals surface area contributed by atoms with Gasteiger partial charge in [0, 0.05) is 19.0 Å². The zero-order valence-electron chi connectivity index (χ0n) is 12.2. The van der Waals surface area contributed by atoms with Crippen molar-refractivity contribution in [3.05, 3.63) is 28.3 Å². The summed E-state index contributed by atoms with van der Waals surface area (Å²) in [5, 5.41) is 9.86. The molecule has 0 aromatic carbocycles. The van der Waals surface area contributed by atoms with Crippen LogP contribution in [0.1, 0.15) is 27.9 Å². The molecule has 8 heteroatoms. The molecule has 120 valence electrons. The molecule has 1 amide bonds. The first-order valence-corrected chi connectivity index (χ1v) is 7.33. The Balaban J connectivity index is 2.44. The first-order chi connectivity index (χ1) is 10.1. The summed E-state index contributed by atoms with van der Waals surface area (Å²) in [4.78, 5) is 17.8. The molecular weight excluding hydrogens is 317 g/mol. The van der Waals surface area contributed by atoms with Crippen LogP contribution in [0, 0.1) is 6.92 Å². The second-order valence-electron chi connectivity index (χ2n) is 5.14. The molecule has 0 aliphatic carbocycles. The number of hydrogen-bond donors (Lipinski definition) is 1. The smallest absolute Gasteiger partial charge is 0.392 e. The van der Waals surface area contributed by atoms with Gasteiger partial charge in [-0.05, 0) is 31.5 Å². The maximum Gasteiger partial charge on any atom is 0.433 e. The zero-order valence-corrected chi connectivity index (χ0v) is 13.0. The fourth-order valence-electron chi connectivity index (χ4n) is 2.11. The number of aromatic nitrogens is 1. The van der Waals surface area contributed by atoms with Crippen molar-refractivity contribution in [3.63, 3.8) is 0 Å². The Hall–Kier alpha value is -1.67. The molecule has 0 aliphatic heterocycles. The number of hydrogen-bond acceptors (Lipinski definition) is 4. The van der Waals surface area contributed by atoms with Crippen molar-refractivity contribution < 1.29 is 23.1 Å². The maximum atomic E-state index is 12.7. The molecule has 0 fully saturated rings. The number of aryl methyl sites for hydroxylation is 1. The number of carbonyl (C=O) groups is 1. The Bertz CT molecular complexity index is 710. The van der Waals surface area contributed by atoms with Crippen LogP contribution in [0.3, 0.4) is 0 Å². The zero-order chi connectivity index (χ0) is 16.7. The summed E-state index contributed by atoms with van der Waals surface area (Å²) in [6.45, 7) is 3.38. The highest BCUT2D eigenvalue weighted by molar-refractivity contribution is 7.20. The standard InChI is InChI=1S/C14H15F3N2O2S/c1-7(20)6-19(3)13(21)11-8(2)9-4-5-10(14(15,16)17)18-12(9)22-11/h4-5,7,20H,6H2,1-3H3/t7-/m1/s1. The number of amides is 1. The highest BCUT2D eigenvalue weighted by atomic mass is 32.1. The molecule has 0 spiro atoms. The lowest BCUT2D eigenvalue weighted by Crippen LogP contribution is -2.32. The van der Waals surface area contributed by atoms with E-state index in [1.165, 1.54) is 18.0 Å². The summed E-state index contributed by atoms with van der Waals surface area (Å²) < 4.78 is 38.1. The van der Waals surface area contributed by atoms with Gasteiger partial charge in [0.25, 0.3) is 5.91 Å². The molecule has 1 atom stereocenters. The van der Waals surface area contributed by atoms with Crippen LogP contribution in [0.2, 0.25) is 0 Å². The molecule has 0 bridgehead atoms. The van der Waals surface area contributed by atoms with Crippen molar-refractivity contribution in [3.8, 4) is 0 Å². The topological polar surface area (TPSA) is 53.4 Å². The van der Waals surface area contributed by atoms with Crippen LogP contribution in [-0.4, -0.2) is 40.6 Å². The summed E-state index contributed by atoms with van der Waals surface area (Å²) in [6.07, 6.45) is -5.20. The lowest BCUT2D eigenvalue weighted by Gasteiger charge is -2.18. The third-order valence-electron chi connectivity index (χ3n) is 3.17. The average molecular weight is 332 g/mol. The van der Waals surface area contributed by atoms with Crippen LogP contribution < -0.4 is 0 Å². The van der Waals surface area contributed by atoms with E-state index in [-0.39, 0.29) is 17.3 Å². The van der Waals surface area contributed by atoms with Crippen molar-refractivity contribution in [1.29, 1.82) is 0 Å². The summed E-state index contributed by atoms with van der Waals surface area (Å²) in [5.41, 5.74) is -0.374.